The predicted octanol–water partition coefficient (Wildman–Crippen LogP) is 4.98. The zero-order chi connectivity index (χ0) is 18.7. The normalized spacial score (nSPS) is 17.2. The van der Waals surface area contributed by atoms with Crippen molar-refractivity contribution in [2.45, 2.75) is 20.8 Å². The minimum absolute atomic E-state index is 0.186. The molecule has 0 atom stereocenters. The molecule has 0 unspecified atom stereocenters. The molecule has 0 saturated carbocycles. The average molecular weight is 390 g/mol. The largest absolute Gasteiger partial charge is 0.441 e. The Bertz CT molecular complexity index is 885. The molecular weight excluding hydrogens is 370 g/mol. The SMILES string of the molecule is CCN(CC)c1ccc(/C=C2\SC(=Nc3cccc(Cl)c3C)NC2=O)o1. The second-order valence-electron chi connectivity index (χ2n) is 5.71. The number of nitrogens with one attached hydrogen (secondary N) is 1. The number of aliphatic imine (C=N–C) groups is 1. The molecule has 1 aromatic heterocycles. The molecule has 0 radical (unpaired) electrons. The molecule has 0 spiro atoms. The second kappa shape index (κ2) is 8.01. The summed E-state index contributed by atoms with van der Waals surface area (Å²) in [6.45, 7) is 7.78. The number of amides is 1. The van der Waals surface area contributed by atoms with Crippen LogP contribution in [-0.2, 0) is 4.79 Å². The molecule has 1 aliphatic heterocycles. The lowest BCUT2D eigenvalue weighted by Crippen LogP contribution is -2.20. The van der Waals surface area contributed by atoms with E-state index in [0.29, 0.717) is 20.9 Å². The quantitative estimate of drug-likeness (QED) is 0.732. The van der Waals surface area contributed by atoms with Crippen LogP contribution in [0.15, 0.2) is 44.6 Å². The molecule has 1 aliphatic rings. The molecule has 26 heavy (non-hydrogen) atoms. The van der Waals surface area contributed by atoms with Crippen molar-refractivity contribution < 1.29 is 9.21 Å². The van der Waals surface area contributed by atoms with Crippen molar-refractivity contribution in [2.75, 3.05) is 18.0 Å². The van der Waals surface area contributed by atoms with Crippen LogP contribution >= 0.6 is 23.4 Å². The smallest absolute Gasteiger partial charge is 0.264 e. The third-order valence-electron chi connectivity index (χ3n) is 4.07. The number of thioether (sulfide) groups is 1. The van der Waals surface area contributed by atoms with Gasteiger partial charge in [-0.25, -0.2) is 4.99 Å². The van der Waals surface area contributed by atoms with Crippen molar-refractivity contribution in [3.63, 3.8) is 0 Å². The van der Waals surface area contributed by atoms with E-state index in [0.717, 1.165) is 30.2 Å². The number of carbonyl (C=O) groups is 1. The van der Waals surface area contributed by atoms with E-state index in [1.165, 1.54) is 11.8 Å². The van der Waals surface area contributed by atoms with E-state index in [4.69, 9.17) is 16.0 Å². The van der Waals surface area contributed by atoms with E-state index in [-0.39, 0.29) is 5.91 Å². The number of benzene rings is 1. The van der Waals surface area contributed by atoms with Gasteiger partial charge in [-0.15, -0.1) is 0 Å². The lowest BCUT2D eigenvalue weighted by molar-refractivity contribution is -0.115. The molecule has 0 aliphatic carbocycles. The highest BCUT2D eigenvalue weighted by Crippen LogP contribution is 2.31. The summed E-state index contributed by atoms with van der Waals surface area (Å²) < 4.78 is 5.83. The molecule has 2 aromatic rings. The highest BCUT2D eigenvalue weighted by Gasteiger charge is 2.24. The summed E-state index contributed by atoms with van der Waals surface area (Å²) in [6, 6.07) is 9.30. The summed E-state index contributed by atoms with van der Waals surface area (Å²) in [7, 11) is 0. The maximum absolute atomic E-state index is 12.2. The highest BCUT2D eigenvalue weighted by molar-refractivity contribution is 8.18. The number of amidine groups is 1. The van der Waals surface area contributed by atoms with Crippen LogP contribution in [0.4, 0.5) is 11.6 Å². The molecule has 0 bridgehead atoms. The first-order chi connectivity index (χ1) is 12.5. The molecule has 1 saturated heterocycles. The zero-order valence-electron chi connectivity index (χ0n) is 14.9. The van der Waals surface area contributed by atoms with Crippen molar-refractivity contribution in [3.05, 3.63) is 51.6 Å². The van der Waals surface area contributed by atoms with E-state index >= 15 is 0 Å². The number of rotatable bonds is 5. The molecule has 3 rings (SSSR count). The van der Waals surface area contributed by atoms with Gasteiger partial charge in [-0.3, -0.25) is 4.79 Å². The highest BCUT2D eigenvalue weighted by atomic mass is 35.5. The number of hydrogen-bond donors (Lipinski definition) is 1. The Morgan fingerprint density at radius 1 is 1.27 bits per heavy atom. The van der Waals surface area contributed by atoms with E-state index < -0.39 is 0 Å². The van der Waals surface area contributed by atoms with Gasteiger partial charge in [0.15, 0.2) is 11.1 Å². The Morgan fingerprint density at radius 3 is 2.77 bits per heavy atom. The molecule has 5 nitrogen and oxygen atoms in total. The molecule has 2 heterocycles. The van der Waals surface area contributed by atoms with E-state index in [1.807, 2.05) is 37.3 Å². The Balaban J connectivity index is 1.80. The van der Waals surface area contributed by atoms with Gasteiger partial charge in [0.05, 0.1) is 10.6 Å². The molecule has 136 valence electrons. The predicted molar refractivity (Wildman–Crippen MR) is 109 cm³/mol. The summed E-state index contributed by atoms with van der Waals surface area (Å²) in [5, 5.41) is 3.96. The van der Waals surface area contributed by atoms with Gasteiger partial charge in [-0.05, 0) is 56.3 Å². The molecule has 7 heteroatoms. The van der Waals surface area contributed by atoms with Crippen LogP contribution in [0.3, 0.4) is 0 Å². The van der Waals surface area contributed by atoms with Gasteiger partial charge in [0, 0.05) is 30.3 Å². The molecule has 1 fully saturated rings. The number of nitrogens with zero attached hydrogens (tertiary/aromatic N) is 2. The summed E-state index contributed by atoms with van der Waals surface area (Å²) in [5.41, 5.74) is 1.62. The Labute approximate surface area is 162 Å². The third kappa shape index (κ3) is 3.97. The van der Waals surface area contributed by atoms with E-state index in [9.17, 15) is 4.79 Å². The Kier molecular flexibility index (Phi) is 5.74. The van der Waals surface area contributed by atoms with Crippen LogP contribution in [0.2, 0.25) is 5.02 Å². The maximum atomic E-state index is 12.2. The molecule has 1 N–H and O–H groups in total. The number of halogens is 1. The van der Waals surface area contributed by atoms with Gasteiger partial charge in [-0.2, -0.15) is 0 Å². The first-order valence-electron chi connectivity index (χ1n) is 8.41. The second-order valence-corrected chi connectivity index (χ2v) is 7.15. The van der Waals surface area contributed by atoms with Crippen molar-refractivity contribution >= 4 is 52.1 Å². The number of anilines is 1. The third-order valence-corrected chi connectivity index (χ3v) is 5.39. The van der Waals surface area contributed by atoms with Crippen LogP contribution in [-0.4, -0.2) is 24.2 Å². The fraction of sp³-hybridized carbons (Fsp3) is 0.263. The van der Waals surface area contributed by atoms with E-state index in [1.54, 1.807) is 6.08 Å². The minimum Gasteiger partial charge on any atom is -0.441 e. The lowest BCUT2D eigenvalue weighted by atomic mass is 10.2. The maximum Gasteiger partial charge on any atom is 0.264 e. The zero-order valence-corrected chi connectivity index (χ0v) is 16.4. The number of furan rings is 1. The lowest BCUT2D eigenvalue weighted by Gasteiger charge is -2.16. The Morgan fingerprint density at radius 2 is 2.04 bits per heavy atom. The Hall–Kier alpha value is -2.18. The van der Waals surface area contributed by atoms with Crippen molar-refractivity contribution in [2.24, 2.45) is 4.99 Å². The average Bonchev–Trinajstić information content (AvgIpc) is 3.21. The van der Waals surface area contributed by atoms with Crippen LogP contribution in [0, 0.1) is 6.92 Å². The molecule has 1 amide bonds. The van der Waals surface area contributed by atoms with Crippen LogP contribution in [0.25, 0.3) is 6.08 Å². The van der Waals surface area contributed by atoms with E-state index in [2.05, 4.69) is 29.1 Å². The standard InChI is InChI=1S/C19H20ClN3O2S/c1-4-23(5-2)17-10-9-13(25-17)11-16-18(24)22-19(26-16)21-15-8-6-7-14(20)12(15)3/h6-11H,4-5H2,1-3H3,(H,21,22,24)/b16-11-. The number of hydrogen-bond acceptors (Lipinski definition) is 5. The van der Waals surface area contributed by atoms with Gasteiger partial charge in [0.1, 0.15) is 5.76 Å². The summed E-state index contributed by atoms with van der Waals surface area (Å²) in [4.78, 5) is 19.4. The van der Waals surface area contributed by atoms with Gasteiger partial charge < -0.3 is 14.6 Å². The van der Waals surface area contributed by atoms with Gasteiger partial charge >= 0.3 is 0 Å². The fourth-order valence-corrected chi connectivity index (χ4v) is 3.55. The fourth-order valence-electron chi connectivity index (χ4n) is 2.56. The first-order valence-corrected chi connectivity index (χ1v) is 9.60. The van der Waals surface area contributed by atoms with Crippen molar-refractivity contribution in [1.82, 2.24) is 5.32 Å². The first kappa shape index (κ1) is 18.6. The summed E-state index contributed by atoms with van der Waals surface area (Å²) in [6.07, 6.45) is 1.74. The van der Waals surface area contributed by atoms with Gasteiger partial charge in [0.2, 0.25) is 0 Å². The van der Waals surface area contributed by atoms with Crippen molar-refractivity contribution in [1.29, 1.82) is 0 Å². The van der Waals surface area contributed by atoms with Crippen LogP contribution in [0.1, 0.15) is 25.2 Å². The summed E-state index contributed by atoms with van der Waals surface area (Å²) in [5.74, 6) is 1.26. The van der Waals surface area contributed by atoms with Gasteiger partial charge in [0.25, 0.3) is 5.91 Å². The molecule has 1 aromatic carbocycles. The monoisotopic (exact) mass is 389 g/mol. The topological polar surface area (TPSA) is 57.8 Å². The van der Waals surface area contributed by atoms with Crippen LogP contribution < -0.4 is 10.2 Å². The van der Waals surface area contributed by atoms with Gasteiger partial charge in [-0.1, -0.05) is 17.7 Å². The minimum atomic E-state index is -0.186. The molecular formula is C19H20ClN3O2S. The number of carbonyl (C=O) groups excluding carboxylic acids is 1. The summed E-state index contributed by atoms with van der Waals surface area (Å²) >= 11 is 7.41. The van der Waals surface area contributed by atoms with Crippen molar-refractivity contribution in [3.8, 4) is 0 Å². The van der Waals surface area contributed by atoms with Crippen LogP contribution in [0.5, 0.6) is 0 Å².